The summed E-state index contributed by atoms with van der Waals surface area (Å²) in [5.74, 6) is 0.135. The van der Waals surface area contributed by atoms with Gasteiger partial charge >= 0.3 is 12.2 Å². The first-order chi connectivity index (χ1) is 8.79. The highest BCUT2D eigenvalue weighted by Gasteiger charge is 2.39. The number of hydrogen-bond donors (Lipinski definition) is 1. The van der Waals surface area contributed by atoms with Crippen LogP contribution in [-0.4, -0.2) is 29.6 Å². The predicted molar refractivity (Wildman–Crippen MR) is 61.6 cm³/mol. The fourth-order valence-corrected chi connectivity index (χ4v) is 1.92. The average Bonchev–Trinajstić information content (AvgIpc) is 2.32. The van der Waals surface area contributed by atoms with Gasteiger partial charge in [0, 0.05) is 0 Å². The van der Waals surface area contributed by atoms with E-state index in [1.807, 2.05) is 0 Å². The lowest BCUT2D eigenvalue weighted by molar-refractivity contribution is -0.137. The molecule has 2 atom stereocenters. The topological polar surface area (TPSA) is 55.6 Å². The minimum atomic E-state index is -4.40. The predicted octanol–water partition coefficient (Wildman–Crippen LogP) is 2.24. The second kappa shape index (κ2) is 4.64. The molecule has 2 N–H and O–H groups in total. The fraction of sp³-hybridized carbons (Fsp3) is 0.417. The Labute approximate surface area is 107 Å². The van der Waals surface area contributed by atoms with Crippen LogP contribution in [0.3, 0.4) is 0 Å². The number of carbonyl (C=O) groups is 1. The molecule has 1 aliphatic heterocycles. The molecule has 1 aliphatic rings. The number of likely N-dealkylation sites (tertiary alicyclic amines) is 1. The van der Waals surface area contributed by atoms with Gasteiger partial charge in [-0.2, -0.15) is 13.2 Å². The van der Waals surface area contributed by atoms with Gasteiger partial charge in [-0.15, -0.1) is 0 Å². The molecule has 0 aliphatic carbocycles. The average molecular weight is 274 g/mol. The summed E-state index contributed by atoms with van der Waals surface area (Å²) in [7, 11) is 0. The van der Waals surface area contributed by atoms with Crippen molar-refractivity contribution in [3.63, 3.8) is 0 Å². The van der Waals surface area contributed by atoms with Gasteiger partial charge in [0.2, 0.25) is 0 Å². The van der Waals surface area contributed by atoms with E-state index in [0.717, 1.165) is 12.1 Å². The lowest BCUT2D eigenvalue weighted by Crippen LogP contribution is -2.64. The molecule has 0 saturated carbocycles. The molecule has 19 heavy (non-hydrogen) atoms. The van der Waals surface area contributed by atoms with Crippen molar-refractivity contribution in [2.75, 3.05) is 6.54 Å². The van der Waals surface area contributed by atoms with Crippen LogP contribution >= 0.6 is 0 Å². The Balaban J connectivity index is 2.04. The number of alkyl halides is 3. The number of hydrogen-bond acceptors (Lipinski definition) is 2. The summed E-state index contributed by atoms with van der Waals surface area (Å²) in [6, 6.07) is 3.86. The van der Waals surface area contributed by atoms with Crippen molar-refractivity contribution < 1.29 is 22.7 Å². The standard InChI is InChI=1S/C12H13F3N2O2/c1-7-10(6-17(7)11(16)18)19-9-4-2-3-8(5-9)12(13,14)15/h2-5,7,10H,6H2,1H3,(H2,16,18)/t7-,10-/m1/s1. The number of nitrogens with zero attached hydrogens (tertiary/aromatic N) is 1. The van der Waals surface area contributed by atoms with E-state index in [1.54, 1.807) is 6.92 Å². The third kappa shape index (κ3) is 2.74. The number of nitrogens with two attached hydrogens (primary N) is 1. The van der Waals surface area contributed by atoms with Crippen LogP contribution < -0.4 is 10.5 Å². The Morgan fingerprint density at radius 1 is 1.47 bits per heavy atom. The third-order valence-corrected chi connectivity index (χ3v) is 3.14. The van der Waals surface area contributed by atoms with Crippen LogP contribution in [0.1, 0.15) is 12.5 Å². The summed E-state index contributed by atoms with van der Waals surface area (Å²) in [6.07, 6.45) is -4.74. The molecule has 0 unspecified atom stereocenters. The molecule has 104 valence electrons. The van der Waals surface area contributed by atoms with E-state index in [4.69, 9.17) is 10.5 Å². The first-order valence-corrected chi connectivity index (χ1v) is 5.69. The molecule has 2 amide bonds. The SMILES string of the molecule is C[C@@H]1[C@H](Oc2cccc(C(F)(F)F)c2)CN1C(N)=O. The van der Waals surface area contributed by atoms with Crippen molar-refractivity contribution in [2.24, 2.45) is 5.73 Å². The van der Waals surface area contributed by atoms with Gasteiger partial charge in [0.05, 0.1) is 18.2 Å². The molecule has 1 fully saturated rings. The molecule has 4 nitrogen and oxygen atoms in total. The summed E-state index contributed by atoms with van der Waals surface area (Å²) >= 11 is 0. The lowest BCUT2D eigenvalue weighted by atomic mass is 10.0. The highest BCUT2D eigenvalue weighted by molar-refractivity contribution is 5.73. The largest absolute Gasteiger partial charge is 0.486 e. The van der Waals surface area contributed by atoms with E-state index < -0.39 is 17.8 Å². The van der Waals surface area contributed by atoms with Gasteiger partial charge in [0.25, 0.3) is 0 Å². The molecular weight excluding hydrogens is 261 g/mol. The van der Waals surface area contributed by atoms with Crippen LogP contribution in [0.15, 0.2) is 24.3 Å². The number of benzene rings is 1. The van der Waals surface area contributed by atoms with Crippen LogP contribution in [-0.2, 0) is 6.18 Å². The maximum Gasteiger partial charge on any atom is 0.416 e. The van der Waals surface area contributed by atoms with Gasteiger partial charge in [-0.25, -0.2) is 4.79 Å². The fourth-order valence-electron chi connectivity index (χ4n) is 1.92. The van der Waals surface area contributed by atoms with Gasteiger partial charge in [-0.3, -0.25) is 0 Å². The van der Waals surface area contributed by atoms with Crippen molar-refractivity contribution in [1.82, 2.24) is 4.90 Å². The molecule has 0 bridgehead atoms. The maximum absolute atomic E-state index is 12.5. The molecule has 7 heteroatoms. The molecule has 2 rings (SSSR count). The van der Waals surface area contributed by atoms with Crippen LogP contribution in [0.5, 0.6) is 5.75 Å². The normalized spacial score (nSPS) is 22.8. The summed E-state index contributed by atoms with van der Waals surface area (Å²) in [4.78, 5) is 12.3. The van der Waals surface area contributed by atoms with Crippen molar-refractivity contribution in [1.29, 1.82) is 0 Å². The summed E-state index contributed by atoms with van der Waals surface area (Å²) in [5.41, 5.74) is 4.35. The second-order valence-electron chi connectivity index (χ2n) is 4.41. The summed E-state index contributed by atoms with van der Waals surface area (Å²) in [5, 5.41) is 0. The van der Waals surface area contributed by atoms with E-state index >= 15 is 0 Å². The quantitative estimate of drug-likeness (QED) is 0.899. The first kappa shape index (κ1) is 13.5. The minimum absolute atomic E-state index is 0.135. The zero-order valence-electron chi connectivity index (χ0n) is 10.1. The second-order valence-corrected chi connectivity index (χ2v) is 4.41. The number of amides is 2. The van der Waals surface area contributed by atoms with Gasteiger partial charge < -0.3 is 15.4 Å². The Morgan fingerprint density at radius 2 is 2.16 bits per heavy atom. The Morgan fingerprint density at radius 3 is 2.68 bits per heavy atom. The van der Waals surface area contributed by atoms with Crippen LogP contribution in [0.2, 0.25) is 0 Å². The first-order valence-electron chi connectivity index (χ1n) is 5.69. The molecule has 1 aromatic rings. The Kier molecular flexibility index (Phi) is 3.30. The van der Waals surface area contributed by atoms with E-state index in [2.05, 4.69) is 0 Å². The zero-order valence-corrected chi connectivity index (χ0v) is 10.1. The molecule has 0 aromatic heterocycles. The van der Waals surface area contributed by atoms with E-state index in [-0.39, 0.29) is 24.4 Å². The number of rotatable bonds is 2. The smallest absolute Gasteiger partial charge is 0.416 e. The van der Waals surface area contributed by atoms with Crippen LogP contribution in [0.4, 0.5) is 18.0 Å². The van der Waals surface area contributed by atoms with Crippen LogP contribution in [0, 0.1) is 0 Å². The molecular formula is C12H13F3N2O2. The molecule has 0 radical (unpaired) electrons. The summed E-state index contributed by atoms with van der Waals surface area (Å²) < 4.78 is 43.0. The monoisotopic (exact) mass is 274 g/mol. The minimum Gasteiger partial charge on any atom is -0.486 e. The van der Waals surface area contributed by atoms with Crippen LogP contribution in [0.25, 0.3) is 0 Å². The molecule has 0 spiro atoms. The summed E-state index contributed by atoms with van der Waals surface area (Å²) in [6.45, 7) is 2.01. The van der Waals surface area contributed by atoms with Gasteiger partial charge in [-0.1, -0.05) is 6.07 Å². The number of urea groups is 1. The van der Waals surface area contributed by atoms with Gasteiger partial charge in [-0.05, 0) is 25.1 Å². The number of carbonyl (C=O) groups excluding carboxylic acids is 1. The van der Waals surface area contributed by atoms with Crippen molar-refractivity contribution in [3.8, 4) is 5.75 Å². The third-order valence-electron chi connectivity index (χ3n) is 3.14. The zero-order chi connectivity index (χ0) is 14.2. The number of ether oxygens (including phenoxy) is 1. The Bertz CT molecular complexity index is 490. The highest BCUT2D eigenvalue weighted by atomic mass is 19.4. The van der Waals surface area contributed by atoms with E-state index in [1.165, 1.54) is 17.0 Å². The van der Waals surface area contributed by atoms with Gasteiger partial charge in [0.15, 0.2) is 0 Å². The Hall–Kier alpha value is -1.92. The molecule has 1 heterocycles. The highest BCUT2D eigenvalue weighted by Crippen LogP contribution is 2.32. The van der Waals surface area contributed by atoms with Crippen molar-refractivity contribution in [3.05, 3.63) is 29.8 Å². The van der Waals surface area contributed by atoms with Gasteiger partial charge in [0.1, 0.15) is 11.9 Å². The maximum atomic E-state index is 12.5. The number of primary amides is 1. The van der Waals surface area contributed by atoms with Crippen molar-refractivity contribution >= 4 is 6.03 Å². The van der Waals surface area contributed by atoms with Crippen molar-refractivity contribution in [2.45, 2.75) is 25.2 Å². The van der Waals surface area contributed by atoms with E-state index in [9.17, 15) is 18.0 Å². The number of halogens is 3. The lowest BCUT2D eigenvalue weighted by Gasteiger charge is -2.44. The molecule has 1 aromatic carbocycles. The molecule has 1 saturated heterocycles. The van der Waals surface area contributed by atoms with E-state index in [0.29, 0.717) is 0 Å².